The molecule has 5 heteroatoms. The number of benzene rings is 3. The van der Waals surface area contributed by atoms with Crippen molar-refractivity contribution in [3.05, 3.63) is 101 Å². The van der Waals surface area contributed by atoms with E-state index in [4.69, 9.17) is 4.74 Å². The molecule has 1 unspecified atom stereocenters. The summed E-state index contributed by atoms with van der Waals surface area (Å²) >= 11 is 0. The van der Waals surface area contributed by atoms with Crippen molar-refractivity contribution in [1.29, 1.82) is 5.41 Å². The van der Waals surface area contributed by atoms with Crippen molar-refractivity contribution >= 4 is 17.0 Å². The van der Waals surface area contributed by atoms with Crippen LogP contribution in [0.15, 0.2) is 72.8 Å². The van der Waals surface area contributed by atoms with Crippen molar-refractivity contribution < 1.29 is 9.53 Å². The van der Waals surface area contributed by atoms with Gasteiger partial charge in [0.25, 0.3) is 0 Å². The summed E-state index contributed by atoms with van der Waals surface area (Å²) in [5.41, 5.74) is 7.45. The van der Waals surface area contributed by atoms with Crippen molar-refractivity contribution in [2.45, 2.75) is 58.0 Å². The van der Waals surface area contributed by atoms with E-state index in [1.54, 1.807) is 0 Å². The lowest BCUT2D eigenvalue weighted by Crippen LogP contribution is -2.34. The number of rotatable bonds is 9. The molecular formula is C32H35N3O2. The first-order chi connectivity index (χ1) is 18.0. The highest BCUT2D eigenvalue weighted by Crippen LogP contribution is 2.44. The van der Waals surface area contributed by atoms with Crippen molar-refractivity contribution in [2.24, 2.45) is 11.8 Å². The summed E-state index contributed by atoms with van der Waals surface area (Å²) in [6.45, 7) is 4.47. The van der Waals surface area contributed by atoms with E-state index in [2.05, 4.69) is 89.7 Å². The lowest BCUT2D eigenvalue weighted by molar-refractivity contribution is -0.146. The van der Waals surface area contributed by atoms with Gasteiger partial charge in [-0.25, -0.2) is 0 Å². The summed E-state index contributed by atoms with van der Waals surface area (Å²) < 4.78 is 10.2. The standard InChI is InChI=1S/C32H35N3O2/c1-21-7-11-23(12-8-21)19-27(20-37-31(36)26-17-18-26)34-28-5-3-4-6-29(28)35(32(34)33)30(25-15-16-25)24-13-9-22(2)10-14-24/h3-14,25-27,30,33H,15-20H2,1-2H3/t27-,30?/m0/s1. The van der Waals surface area contributed by atoms with Gasteiger partial charge in [0.2, 0.25) is 5.62 Å². The van der Waals surface area contributed by atoms with E-state index in [9.17, 15) is 10.2 Å². The Hall–Kier alpha value is -3.60. The van der Waals surface area contributed by atoms with Gasteiger partial charge in [-0.2, -0.15) is 0 Å². The van der Waals surface area contributed by atoms with Crippen molar-refractivity contribution in [2.75, 3.05) is 6.61 Å². The highest BCUT2D eigenvalue weighted by molar-refractivity contribution is 5.77. The molecule has 2 aliphatic rings. The predicted molar refractivity (Wildman–Crippen MR) is 145 cm³/mol. The first kappa shape index (κ1) is 23.8. The van der Waals surface area contributed by atoms with E-state index < -0.39 is 0 Å². The Morgan fingerprint density at radius 2 is 1.46 bits per heavy atom. The molecule has 4 aromatic rings. The third-order valence-electron chi connectivity index (χ3n) is 7.91. The first-order valence-electron chi connectivity index (χ1n) is 13.5. The summed E-state index contributed by atoms with van der Waals surface area (Å²) in [6.07, 6.45) is 4.91. The number of para-hydroxylation sites is 2. The summed E-state index contributed by atoms with van der Waals surface area (Å²) in [5.74, 6) is 0.488. The summed E-state index contributed by atoms with van der Waals surface area (Å²) in [6, 6.07) is 25.6. The topological polar surface area (TPSA) is 60.0 Å². The minimum Gasteiger partial charge on any atom is -0.463 e. The predicted octanol–water partition coefficient (Wildman–Crippen LogP) is 6.28. The van der Waals surface area contributed by atoms with Gasteiger partial charge in [-0.1, -0.05) is 71.8 Å². The minimum absolute atomic E-state index is 0.0580. The van der Waals surface area contributed by atoms with E-state index in [1.165, 1.54) is 35.1 Å². The number of ether oxygens (including phenoxy) is 1. The molecule has 2 aliphatic carbocycles. The maximum Gasteiger partial charge on any atom is 0.309 e. The van der Waals surface area contributed by atoms with Gasteiger partial charge in [-0.3, -0.25) is 10.2 Å². The molecular weight excluding hydrogens is 458 g/mol. The number of imidazole rings is 1. The fraction of sp³-hybridized carbons (Fsp3) is 0.375. The van der Waals surface area contributed by atoms with Gasteiger partial charge < -0.3 is 13.9 Å². The molecule has 6 rings (SSSR count). The van der Waals surface area contributed by atoms with Crippen molar-refractivity contribution in [1.82, 2.24) is 9.13 Å². The molecule has 2 saturated carbocycles. The van der Waals surface area contributed by atoms with Gasteiger partial charge >= 0.3 is 5.97 Å². The molecule has 0 saturated heterocycles. The second-order valence-electron chi connectivity index (χ2n) is 11.0. The van der Waals surface area contributed by atoms with E-state index in [-0.39, 0.29) is 30.6 Å². The van der Waals surface area contributed by atoms with E-state index in [0.717, 1.165) is 23.9 Å². The van der Waals surface area contributed by atoms with Crippen LogP contribution in [0, 0.1) is 31.1 Å². The highest BCUT2D eigenvalue weighted by Gasteiger charge is 2.36. The molecule has 1 aromatic heterocycles. The Labute approximate surface area is 218 Å². The third-order valence-corrected chi connectivity index (χ3v) is 7.91. The molecule has 0 spiro atoms. The first-order valence-corrected chi connectivity index (χ1v) is 13.5. The van der Waals surface area contributed by atoms with Crippen molar-refractivity contribution in [3.63, 3.8) is 0 Å². The van der Waals surface area contributed by atoms with Gasteiger partial charge in [0, 0.05) is 0 Å². The number of carbonyl (C=O) groups excluding carboxylic acids is 1. The number of nitrogens with zero attached hydrogens (tertiary/aromatic N) is 2. The molecule has 190 valence electrons. The van der Waals surface area contributed by atoms with Gasteiger partial charge in [0.05, 0.1) is 29.0 Å². The van der Waals surface area contributed by atoms with Gasteiger partial charge in [0.1, 0.15) is 6.61 Å². The average molecular weight is 494 g/mol. The van der Waals surface area contributed by atoms with Crippen LogP contribution >= 0.6 is 0 Å². The zero-order valence-electron chi connectivity index (χ0n) is 21.7. The largest absolute Gasteiger partial charge is 0.463 e. The number of esters is 1. The normalized spacial score (nSPS) is 17.0. The SMILES string of the molecule is Cc1ccc(C[C@@H](COC(=O)C2CC2)n2c(=N)n(C(c3ccc(C)cc3)C3CC3)c3ccccc32)cc1. The third kappa shape index (κ3) is 4.87. The fourth-order valence-electron chi connectivity index (χ4n) is 5.51. The molecule has 0 bridgehead atoms. The Balaban J connectivity index is 1.46. The van der Waals surface area contributed by atoms with Gasteiger partial charge in [-0.15, -0.1) is 0 Å². The van der Waals surface area contributed by atoms with Crippen LogP contribution in [0.25, 0.3) is 11.0 Å². The molecule has 0 radical (unpaired) electrons. The van der Waals surface area contributed by atoms with E-state index >= 15 is 0 Å². The number of hydrogen-bond acceptors (Lipinski definition) is 3. The van der Waals surface area contributed by atoms with Crippen molar-refractivity contribution in [3.8, 4) is 0 Å². The summed E-state index contributed by atoms with van der Waals surface area (Å²) in [7, 11) is 0. The van der Waals surface area contributed by atoms with Crippen LogP contribution in [0.3, 0.4) is 0 Å². The van der Waals surface area contributed by atoms with E-state index in [1.807, 2.05) is 6.07 Å². The van der Waals surface area contributed by atoms with Gasteiger partial charge in [0.15, 0.2) is 0 Å². The quantitative estimate of drug-likeness (QED) is 0.279. The van der Waals surface area contributed by atoms with Crippen LogP contribution in [0.4, 0.5) is 0 Å². The Morgan fingerprint density at radius 1 is 0.865 bits per heavy atom. The maximum absolute atomic E-state index is 12.5. The maximum atomic E-state index is 12.5. The lowest BCUT2D eigenvalue weighted by Gasteiger charge is -2.22. The van der Waals surface area contributed by atoms with Crippen LogP contribution < -0.4 is 5.62 Å². The second kappa shape index (κ2) is 9.70. The number of carbonyl (C=O) groups is 1. The molecule has 37 heavy (non-hydrogen) atoms. The molecule has 0 aliphatic heterocycles. The van der Waals surface area contributed by atoms with E-state index in [0.29, 0.717) is 18.0 Å². The Morgan fingerprint density at radius 3 is 2.05 bits per heavy atom. The molecule has 1 N–H and O–H groups in total. The van der Waals surface area contributed by atoms with Crippen LogP contribution in [-0.2, 0) is 16.0 Å². The molecule has 2 fully saturated rings. The molecule has 3 aromatic carbocycles. The number of aromatic nitrogens is 2. The number of fused-ring (bicyclic) bond motifs is 1. The molecule has 1 heterocycles. The second-order valence-corrected chi connectivity index (χ2v) is 11.0. The van der Waals surface area contributed by atoms with Crippen LogP contribution in [-0.4, -0.2) is 21.7 Å². The Kier molecular flexibility index (Phi) is 6.23. The smallest absolute Gasteiger partial charge is 0.309 e. The fourth-order valence-corrected chi connectivity index (χ4v) is 5.51. The highest BCUT2D eigenvalue weighted by atomic mass is 16.5. The zero-order chi connectivity index (χ0) is 25.5. The number of hydrogen-bond donors (Lipinski definition) is 1. The zero-order valence-corrected chi connectivity index (χ0v) is 21.7. The number of nitrogens with one attached hydrogen (secondary N) is 1. The minimum atomic E-state index is -0.165. The van der Waals surface area contributed by atoms with Crippen LogP contribution in [0.2, 0.25) is 0 Å². The lowest BCUT2D eigenvalue weighted by atomic mass is 10.0. The average Bonchev–Trinajstić information content (AvgIpc) is 3.82. The Bertz CT molecular complexity index is 1470. The van der Waals surface area contributed by atoms with Crippen LogP contribution in [0.5, 0.6) is 0 Å². The molecule has 2 atom stereocenters. The summed E-state index contributed by atoms with van der Waals surface area (Å²) in [5, 5.41) is 9.52. The molecule has 5 nitrogen and oxygen atoms in total. The summed E-state index contributed by atoms with van der Waals surface area (Å²) in [4.78, 5) is 12.5. The molecule has 0 amide bonds. The number of aryl methyl sites for hydroxylation is 2. The monoisotopic (exact) mass is 493 g/mol. The van der Waals surface area contributed by atoms with Crippen LogP contribution in [0.1, 0.15) is 60.0 Å². The van der Waals surface area contributed by atoms with Gasteiger partial charge in [-0.05, 0) is 75.1 Å².